The maximum atomic E-state index is 4.35. The Morgan fingerprint density at radius 2 is 2.29 bits per heavy atom. The lowest BCUT2D eigenvalue weighted by molar-refractivity contribution is 0.314. The summed E-state index contributed by atoms with van der Waals surface area (Å²) in [5, 5.41) is 6.45. The third-order valence-electron chi connectivity index (χ3n) is 2.52. The molecule has 2 aliphatic heterocycles. The molecule has 0 aliphatic carbocycles. The van der Waals surface area contributed by atoms with Crippen molar-refractivity contribution in [2.24, 2.45) is 5.10 Å². The third-order valence-corrected chi connectivity index (χ3v) is 3.80. The SMILES string of the molecule is CCN1N=CN2c3ccccc3SC12. The highest BCUT2D eigenvalue weighted by Crippen LogP contribution is 2.45. The third kappa shape index (κ3) is 0.973. The van der Waals surface area contributed by atoms with Gasteiger partial charge in [-0.15, -0.1) is 0 Å². The van der Waals surface area contributed by atoms with Crippen molar-refractivity contribution in [2.75, 3.05) is 11.4 Å². The van der Waals surface area contributed by atoms with Crippen molar-refractivity contribution >= 4 is 23.8 Å². The number of fused-ring (bicyclic) bond motifs is 3. The summed E-state index contributed by atoms with van der Waals surface area (Å²) in [7, 11) is 0. The molecule has 2 heterocycles. The van der Waals surface area contributed by atoms with Gasteiger partial charge in [-0.25, -0.2) is 0 Å². The van der Waals surface area contributed by atoms with Crippen LogP contribution in [0, 0.1) is 0 Å². The fourth-order valence-electron chi connectivity index (χ4n) is 1.80. The maximum absolute atomic E-state index is 4.35. The number of hydrogen-bond acceptors (Lipinski definition) is 4. The molecule has 0 bridgehead atoms. The highest BCUT2D eigenvalue weighted by Gasteiger charge is 2.35. The van der Waals surface area contributed by atoms with Gasteiger partial charge in [0.2, 0.25) is 0 Å². The minimum Gasteiger partial charge on any atom is -0.298 e. The summed E-state index contributed by atoms with van der Waals surface area (Å²) < 4.78 is 0. The topological polar surface area (TPSA) is 18.8 Å². The highest BCUT2D eigenvalue weighted by molar-refractivity contribution is 8.00. The first-order valence-electron chi connectivity index (χ1n) is 4.75. The molecule has 0 fully saturated rings. The molecule has 3 rings (SSSR count). The maximum Gasteiger partial charge on any atom is 0.175 e. The van der Waals surface area contributed by atoms with Crippen LogP contribution in [0.25, 0.3) is 0 Å². The first kappa shape index (κ1) is 8.17. The largest absolute Gasteiger partial charge is 0.298 e. The van der Waals surface area contributed by atoms with E-state index in [1.807, 2.05) is 18.1 Å². The van der Waals surface area contributed by atoms with Crippen molar-refractivity contribution in [3.63, 3.8) is 0 Å². The Morgan fingerprint density at radius 1 is 1.43 bits per heavy atom. The van der Waals surface area contributed by atoms with Gasteiger partial charge in [0, 0.05) is 11.4 Å². The minimum atomic E-state index is 0.345. The fourth-order valence-corrected chi connectivity index (χ4v) is 3.09. The van der Waals surface area contributed by atoms with Crippen LogP contribution in [0.4, 0.5) is 5.69 Å². The number of hydrazone groups is 1. The van der Waals surface area contributed by atoms with Crippen molar-refractivity contribution in [2.45, 2.75) is 17.3 Å². The summed E-state index contributed by atoms with van der Waals surface area (Å²) >= 11 is 1.87. The van der Waals surface area contributed by atoms with E-state index in [2.05, 4.69) is 46.2 Å². The Morgan fingerprint density at radius 3 is 3.14 bits per heavy atom. The second-order valence-electron chi connectivity index (χ2n) is 3.31. The second kappa shape index (κ2) is 2.92. The molecule has 1 unspecified atom stereocenters. The molecule has 0 radical (unpaired) electrons. The smallest absolute Gasteiger partial charge is 0.175 e. The molecule has 0 aromatic heterocycles. The molecule has 0 spiro atoms. The molecule has 0 N–H and O–H groups in total. The van der Waals surface area contributed by atoms with Crippen LogP contribution in [0.3, 0.4) is 0 Å². The zero-order valence-corrected chi connectivity index (χ0v) is 8.74. The quantitative estimate of drug-likeness (QED) is 0.700. The first-order chi connectivity index (χ1) is 6.90. The molecule has 0 saturated carbocycles. The van der Waals surface area contributed by atoms with E-state index >= 15 is 0 Å². The molecule has 72 valence electrons. The minimum absolute atomic E-state index is 0.345. The summed E-state index contributed by atoms with van der Waals surface area (Å²) in [6.45, 7) is 3.09. The van der Waals surface area contributed by atoms with E-state index in [9.17, 15) is 0 Å². The van der Waals surface area contributed by atoms with E-state index in [1.165, 1.54) is 10.6 Å². The van der Waals surface area contributed by atoms with Gasteiger partial charge >= 0.3 is 0 Å². The molecule has 3 nitrogen and oxygen atoms in total. The van der Waals surface area contributed by atoms with Crippen molar-refractivity contribution < 1.29 is 0 Å². The van der Waals surface area contributed by atoms with Crippen LogP contribution in [-0.2, 0) is 0 Å². The molecular formula is C10H11N3S. The number of nitrogens with zero attached hydrogens (tertiary/aromatic N) is 3. The molecule has 14 heavy (non-hydrogen) atoms. The van der Waals surface area contributed by atoms with Crippen molar-refractivity contribution in [1.82, 2.24) is 5.01 Å². The molecule has 1 atom stereocenters. The number of anilines is 1. The first-order valence-corrected chi connectivity index (χ1v) is 5.63. The molecule has 1 aromatic rings. The summed E-state index contributed by atoms with van der Waals surface area (Å²) in [4.78, 5) is 3.57. The Bertz CT molecular complexity index is 391. The lowest BCUT2D eigenvalue weighted by Gasteiger charge is -2.21. The summed E-state index contributed by atoms with van der Waals surface area (Å²) in [6.07, 6.45) is 1.92. The fraction of sp³-hybridized carbons (Fsp3) is 0.300. The normalized spacial score (nSPS) is 22.8. The van der Waals surface area contributed by atoms with Gasteiger partial charge in [-0.2, -0.15) is 5.10 Å². The van der Waals surface area contributed by atoms with Crippen LogP contribution in [0.1, 0.15) is 6.92 Å². The van der Waals surface area contributed by atoms with Crippen molar-refractivity contribution in [3.8, 4) is 0 Å². The van der Waals surface area contributed by atoms with Gasteiger partial charge in [0.15, 0.2) is 5.50 Å². The van der Waals surface area contributed by atoms with Crippen molar-refractivity contribution in [3.05, 3.63) is 24.3 Å². The lowest BCUT2D eigenvalue weighted by atomic mass is 10.3. The van der Waals surface area contributed by atoms with Gasteiger partial charge in [0.25, 0.3) is 0 Å². The van der Waals surface area contributed by atoms with Crippen LogP contribution in [-0.4, -0.2) is 23.4 Å². The summed E-state index contributed by atoms with van der Waals surface area (Å²) in [5.41, 5.74) is 1.62. The zero-order valence-electron chi connectivity index (χ0n) is 7.92. The van der Waals surface area contributed by atoms with Crippen LogP contribution in [0.2, 0.25) is 0 Å². The molecule has 0 amide bonds. The number of para-hydroxylation sites is 1. The van der Waals surface area contributed by atoms with E-state index in [0.29, 0.717) is 5.50 Å². The molecule has 0 saturated heterocycles. The Hall–Kier alpha value is -1.16. The molecular weight excluding hydrogens is 194 g/mol. The van der Waals surface area contributed by atoms with E-state index in [1.54, 1.807) is 0 Å². The Balaban J connectivity index is 2.01. The average Bonchev–Trinajstić information content (AvgIpc) is 2.75. The Kier molecular flexibility index (Phi) is 1.70. The van der Waals surface area contributed by atoms with Gasteiger partial charge < -0.3 is 0 Å². The summed E-state index contributed by atoms with van der Waals surface area (Å²) in [5.74, 6) is 0. The molecule has 2 aliphatic rings. The van der Waals surface area contributed by atoms with E-state index in [4.69, 9.17) is 0 Å². The number of rotatable bonds is 1. The van der Waals surface area contributed by atoms with Gasteiger partial charge in [-0.05, 0) is 19.1 Å². The predicted molar refractivity (Wildman–Crippen MR) is 59.4 cm³/mol. The van der Waals surface area contributed by atoms with Gasteiger partial charge in [-0.1, -0.05) is 23.9 Å². The number of hydrogen-bond donors (Lipinski definition) is 0. The highest BCUT2D eigenvalue weighted by atomic mass is 32.2. The zero-order chi connectivity index (χ0) is 9.54. The standard InChI is InChI=1S/C10H11N3S/c1-2-13-10-12(7-11-13)8-5-3-4-6-9(8)14-10/h3-7,10H,2H2,1H3. The molecule has 4 heteroatoms. The Labute approximate surface area is 87.4 Å². The van der Waals surface area contributed by atoms with E-state index in [0.717, 1.165) is 6.54 Å². The van der Waals surface area contributed by atoms with Crippen molar-refractivity contribution in [1.29, 1.82) is 0 Å². The average molecular weight is 205 g/mol. The van der Waals surface area contributed by atoms with E-state index in [-0.39, 0.29) is 0 Å². The van der Waals surface area contributed by atoms with Crippen LogP contribution < -0.4 is 4.90 Å². The second-order valence-corrected chi connectivity index (χ2v) is 4.40. The predicted octanol–water partition coefficient (Wildman–Crippen LogP) is 2.16. The van der Waals surface area contributed by atoms with Crippen LogP contribution in [0.15, 0.2) is 34.3 Å². The number of thioether (sulfide) groups is 1. The van der Waals surface area contributed by atoms with Gasteiger partial charge in [0.1, 0.15) is 6.34 Å². The monoisotopic (exact) mass is 205 g/mol. The van der Waals surface area contributed by atoms with E-state index < -0.39 is 0 Å². The molecule has 1 aromatic carbocycles. The van der Waals surface area contributed by atoms with Crippen LogP contribution >= 0.6 is 11.8 Å². The lowest BCUT2D eigenvalue weighted by Crippen LogP contribution is -2.33. The van der Waals surface area contributed by atoms with Gasteiger partial charge in [-0.3, -0.25) is 9.91 Å². The van der Waals surface area contributed by atoms with Crippen LogP contribution in [0.5, 0.6) is 0 Å². The number of benzene rings is 1. The summed E-state index contributed by atoms with van der Waals surface area (Å²) in [6, 6.07) is 8.47. The van der Waals surface area contributed by atoms with Gasteiger partial charge in [0.05, 0.1) is 5.69 Å².